The van der Waals surface area contributed by atoms with Crippen LogP contribution in [0.3, 0.4) is 0 Å². The summed E-state index contributed by atoms with van der Waals surface area (Å²) in [5.41, 5.74) is 2.27. The Morgan fingerprint density at radius 2 is 0.844 bits per heavy atom. The topological polar surface area (TPSA) is 0 Å². The molecule has 3 aliphatic carbocycles. The van der Waals surface area contributed by atoms with E-state index in [9.17, 15) is 0 Å². The Labute approximate surface area is 227 Å². The monoisotopic (exact) mass is 587 g/mol. The fourth-order valence-corrected chi connectivity index (χ4v) is 4.01. The van der Waals surface area contributed by atoms with Gasteiger partial charge in [-0.3, -0.25) is 0 Å². The van der Waals surface area contributed by atoms with E-state index in [4.69, 9.17) is 23.2 Å². The molecular weight excluding hydrogens is 539 g/mol. The Kier molecular flexibility index (Phi) is 27.3. The predicted molar refractivity (Wildman–Crippen MR) is 148 cm³/mol. The molecule has 32 heavy (non-hydrogen) atoms. The molecule has 0 spiro atoms. The molecule has 0 bridgehead atoms. The summed E-state index contributed by atoms with van der Waals surface area (Å²) in [6.07, 6.45) is 28.5. The van der Waals surface area contributed by atoms with Crippen molar-refractivity contribution in [2.45, 2.75) is 121 Å². The van der Waals surface area contributed by atoms with Crippen molar-refractivity contribution < 1.29 is 19.5 Å². The normalized spacial score (nSPS) is 17.7. The van der Waals surface area contributed by atoms with Crippen LogP contribution in [0.4, 0.5) is 0 Å². The van der Waals surface area contributed by atoms with Gasteiger partial charge in [-0.15, -0.1) is 23.2 Å². The second kappa shape index (κ2) is 25.0. The number of hydrogen-bond acceptors (Lipinski definition) is 0. The Morgan fingerprint density at radius 3 is 1.00 bits per heavy atom. The molecule has 0 N–H and O–H groups in total. The van der Waals surface area contributed by atoms with Gasteiger partial charge in [0.05, 0.1) is 0 Å². The van der Waals surface area contributed by atoms with Crippen molar-refractivity contribution in [1.82, 2.24) is 0 Å². The molecular formula is C28H48Cl2PRu-. The van der Waals surface area contributed by atoms with Gasteiger partial charge in [0.15, 0.2) is 0 Å². The van der Waals surface area contributed by atoms with Crippen molar-refractivity contribution in [3.63, 3.8) is 0 Å². The van der Waals surface area contributed by atoms with Crippen LogP contribution < -0.4 is 0 Å². The number of halogens is 2. The average molecular weight is 588 g/mol. The summed E-state index contributed by atoms with van der Waals surface area (Å²) in [6, 6.07) is 8.08. The molecule has 4 rings (SSSR count). The van der Waals surface area contributed by atoms with Crippen molar-refractivity contribution in [3.8, 4) is 0 Å². The quantitative estimate of drug-likeness (QED) is 0.140. The van der Waals surface area contributed by atoms with Crippen LogP contribution in [0.1, 0.15) is 132 Å². The third kappa shape index (κ3) is 20.2. The van der Waals surface area contributed by atoms with E-state index in [-0.39, 0.29) is 29.4 Å². The summed E-state index contributed by atoms with van der Waals surface area (Å²) in [5.74, 6) is 0.558. The molecule has 0 nitrogen and oxygen atoms in total. The van der Waals surface area contributed by atoms with Gasteiger partial charge in [0.1, 0.15) is 4.84 Å². The van der Waals surface area contributed by atoms with Crippen LogP contribution in [0.15, 0.2) is 24.3 Å². The number of rotatable bonds is 2. The zero-order chi connectivity index (χ0) is 21.9. The smallest absolute Gasteiger partial charge is 0.328 e. The SMILES string of the molecule is CC(C)c1ccc(C(Cl)Cl)cc1.P.[CH-]1CCCCC1.[CH-]1CCCCC1.[CH-]1CCCCC1.[Ru+2]. The van der Waals surface area contributed by atoms with E-state index in [1.54, 1.807) is 0 Å². The summed E-state index contributed by atoms with van der Waals surface area (Å²) in [5, 5.41) is 0. The maximum Gasteiger partial charge on any atom is 2.00 e. The molecule has 188 valence electrons. The maximum atomic E-state index is 5.70. The van der Waals surface area contributed by atoms with Crippen LogP contribution >= 0.6 is 33.1 Å². The first-order valence-electron chi connectivity index (χ1n) is 12.4. The average Bonchev–Trinajstić information content (AvgIpc) is 2.84. The first-order chi connectivity index (χ1) is 14.6. The molecule has 0 heterocycles. The third-order valence-corrected chi connectivity index (χ3v) is 6.31. The van der Waals surface area contributed by atoms with Crippen molar-refractivity contribution in [1.29, 1.82) is 0 Å². The largest absolute Gasteiger partial charge is 2.00 e. The predicted octanol–water partition coefficient (Wildman–Crippen LogP) is 10.8. The van der Waals surface area contributed by atoms with E-state index in [0.29, 0.717) is 5.92 Å². The summed E-state index contributed by atoms with van der Waals surface area (Å²) < 4.78 is 0. The molecule has 3 fully saturated rings. The summed E-state index contributed by atoms with van der Waals surface area (Å²) in [7, 11) is 0. The molecule has 0 amide bonds. The van der Waals surface area contributed by atoms with Gasteiger partial charge in [-0.2, -0.15) is 48.4 Å². The van der Waals surface area contributed by atoms with Crippen LogP contribution in [0.25, 0.3) is 0 Å². The zero-order valence-corrected chi connectivity index (χ0v) is 25.3. The second-order valence-electron chi connectivity index (χ2n) is 8.90. The van der Waals surface area contributed by atoms with Crippen LogP contribution in [-0.2, 0) is 19.5 Å². The minimum Gasteiger partial charge on any atom is -0.328 e. The Morgan fingerprint density at radius 1 is 0.562 bits per heavy atom. The first kappa shape index (κ1) is 35.0. The maximum absolute atomic E-state index is 5.70. The minimum absolute atomic E-state index is 0. The number of hydrogen-bond donors (Lipinski definition) is 0. The number of benzene rings is 1. The van der Waals surface area contributed by atoms with Crippen LogP contribution in [0, 0.1) is 19.3 Å². The fourth-order valence-electron chi connectivity index (χ4n) is 3.72. The fraction of sp³-hybridized carbons (Fsp3) is 0.679. The van der Waals surface area contributed by atoms with Gasteiger partial charge >= 0.3 is 19.5 Å². The van der Waals surface area contributed by atoms with E-state index < -0.39 is 4.84 Å². The number of alkyl halides is 2. The van der Waals surface area contributed by atoms with Crippen molar-refractivity contribution in [3.05, 3.63) is 54.7 Å². The van der Waals surface area contributed by atoms with E-state index in [1.165, 1.54) is 102 Å². The van der Waals surface area contributed by atoms with Gasteiger partial charge in [0.2, 0.25) is 0 Å². The molecule has 0 aliphatic heterocycles. The molecule has 3 aliphatic rings. The van der Waals surface area contributed by atoms with Gasteiger partial charge in [0, 0.05) is 0 Å². The van der Waals surface area contributed by atoms with Crippen LogP contribution in [0.2, 0.25) is 0 Å². The van der Waals surface area contributed by atoms with Crippen molar-refractivity contribution >= 4 is 33.1 Å². The minimum atomic E-state index is -0.411. The van der Waals surface area contributed by atoms with Gasteiger partial charge in [0.25, 0.3) is 0 Å². The zero-order valence-electron chi connectivity index (χ0n) is 20.6. The first-order valence-corrected chi connectivity index (χ1v) is 13.3. The van der Waals surface area contributed by atoms with Gasteiger partial charge in [-0.25, -0.2) is 0 Å². The molecule has 0 radical (unpaired) electrons. The molecule has 1 unspecified atom stereocenters. The third-order valence-electron chi connectivity index (χ3n) is 5.80. The van der Waals surface area contributed by atoms with Gasteiger partial charge < -0.3 is 19.3 Å². The van der Waals surface area contributed by atoms with E-state index >= 15 is 0 Å². The van der Waals surface area contributed by atoms with Gasteiger partial charge in [-0.05, 0) is 17.0 Å². The summed E-state index contributed by atoms with van der Waals surface area (Å²) in [4.78, 5) is -0.411. The van der Waals surface area contributed by atoms with Crippen LogP contribution in [0.5, 0.6) is 0 Å². The molecule has 4 heteroatoms. The van der Waals surface area contributed by atoms with Crippen molar-refractivity contribution in [2.24, 2.45) is 0 Å². The molecule has 0 aromatic heterocycles. The molecule has 1 atom stereocenters. The Balaban J connectivity index is 0. The van der Waals surface area contributed by atoms with Crippen LogP contribution in [-0.4, -0.2) is 0 Å². The summed E-state index contributed by atoms with van der Waals surface area (Å²) in [6.45, 7) is 4.32. The van der Waals surface area contributed by atoms with Gasteiger partial charge in [-0.1, -0.05) is 95.9 Å². The Bertz CT molecular complexity index is 389. The standard InChI is InChI=1S/C10H12Cl2.3C6H11.H3P.Ru/c1-7(2)8-3-5-9(6-4-8)10(11)12;3*1-2-4-6-5-3-1;;/h3-7,10H,1-2H3;3*1H,2-6H2;1H3;/q;3*-1;;+2. The van der Waals surface area contributed by atoms with E-state index in [2.05, 4.69) is 45.2 Å². The van der Waals surface area contributed by atoms with E-state index in [1.807, 2.05) is 12.1 Å². The molecule has 0 saturated heterocycles. The van der Waals surface area contributed by atoms with Crippen molar-refractivity contribution in [2.75, 3.05) is 0 Å². The second-order valence-corrected chi connectivity index (χ2v) is 10.00. The Hall–Kier alpha value is 0.853. The summed E-state index contributed by atoms with van der Waals surface area (Å²) >= 11 is 11.4. The molecule has 1 aromatic rings. The van der Waals surface area contributed by atoms with E-state index in [0.717, 1.165) is 5.56 Å². The molecule has 1 aromatic carbocycles. The molecule has 3 saturated carbocycles.